The summed E-state index contributed by atoms with van der Waals surface area (Å²) >= 11 is 0. The van der Waals surface area contributed by atoms with Crippen LogP contribution in [0.4, 0.5) is 4.79 Å². The summed E-state index contributed by atoms with van der Waals surface area (Å²) in [7, 11) is -3.55. The van der Waals surface area contributed by atoms with E-state index in [0.29, 0.717) is 13.1 Å². The molecule has 2 saturated heterocycles. The van der Waals surface area contributed by atoms with Crippen LogP contribution in [0.2, 0.25) is 0 Å². The van der Waals surface area contributed by atoms with Gasteiger partial charge in [-0.2, -0.15) is 8.42 Å². The molecule has 0 spiro atoms. The maximum atomic E-state index is 12.6. The van der Waals surface area contributed by atoms with Crippen LogP contribution in [0.3, 0.4) is 0 Å². The first kappa shape index (κ1) is 20.1. The third kappa shape index (κ3) is 5.00. The van der Waals surface area contributed by atoms with Gasteiger partial charge in [0.05, 0.1) is 24.9 Å². The fraction of sp³-hybridized carbons (Fsp3) is 0.632. The Morgan fingerprint density at radius 2 is 1.89 bits per heavy atom. The number of amides is 1. The third-order valence-corrected chi connectivity index (χ3v) is 5.51. The number of hydrogen-bond acceptors (Lipinski definition) is 6. The number of nitrogens with zero attached hydrogens (tertiary/aromatic N) is 2. The summed E-state index contributed by atoms with van der Waals surface area (Å²) in [6.45, 7) is 6.83. The summed E-state index contributed by atoms with van der Waals surface area (Å²) in [4.78, 5) is 16.6. The lowest BCUT2D eigenvalue weighted by molar-refractivity contribution is -0.00582. The van der Waals surface area contributed by atoms with Crippen molar-refractivity contribution in [3.8, 4) is 0 Å². The number of carbonyl (C=O) groups is 1. The molecule has 0 radical (unpaired) electrons. The Hall–Kier alpha value is -1.64. The Kier molecular flexibility index (Phi) is 5.52. The maximum absolute atomic E-state index is 12.6. The van der Waals surface area contributed by atoms with Gasteiger partial charge in [-0.1, -0.05) is 30.3 Å². The highest BCUT2D eigenvalue weighted by molar-refractivity contribution is 7.85. The molecule has 1 aromatic rings. The van der Waals surface area contributed by atoms with Gasteiger partial charge in [-0.3, -0.25) is 9.08 Å². The molecule has 8 heteroatoms. The van der Waals surface area contributed by atoms with Crippen molar-refractivity contribution < 1.29 is 22.1 Å². The lowest BCUT2D eigenvalue weighted by Crippen LogP contribution is -2.56. The molecule has 0 unspecified atom stereocenters. The molecule has 0 aliphatic carbocycles. The first-order valence-electron chi connectivity index (χ1n) is 9.17. The first-order valence-corrected chi connectivity index (χ1v) is 11.0. The molecule has 2 bridgehead atoms. The number of hydrogen-bond donors (Lipinski definition) is 0. The summed E-state index contributed by atoms with van der Waals surface area (Å²) in [5.74, 6) is 0. The zero-order valence-electron chi connectivity index (χ0n) is 16.3. The zero-order chi connectivity index (χ0) is 19.8. The van der Waals surface area contributed by atoms with E-state index in [-0.39, 0.29) is 30.8 Å². The van der Waals surface area contributed by atoms with E-state index in [1.165, 1.54) is 0 Å². The SMILES string of the molecule is CC(C)(C)OC(=O)N1C[C@H]2C[C@@H]1[C@@H](COS(C)(=O)=O)N2Cc1ccccc1. The number of carbonyl (C=O) groups excluding carboxylic acids is 1. The average molecular weight is 397 g/mol. The van der Waals surface area contributed by atoms with Crippen molar-refractivity contribution in [2.75, 3.05) is 19.4 Å². The van der Waals surface area contributed by atoms with E-state index in [4.69, 9.17) is 8.92 Å². The fourth-order valence-corrected chi connectivity index (χ4v) is 4.30. The molecule has 0 aromatic heterocycles. The highest BCUT2D eigenvalue weighted by Gasteiger charge is 2.52. The molecule has 27 heavy (non-hydrogen) atoms. The second-order valence-electron chi connectivity index (χ2n) is 8.30. The Labute approximate surface area is 161 Å². The minimum absolute atomic E-state index is 0.0339. The standard InChI is InChI=1S/C19H28N2O5S/c1-19(2,3)26-18(22)21-12-15-10-16(21)17(13-25-27(4,23)24)20(15)11-14-8-6-5-7-9-14/h5-9,15-17H,10-13H2,1-4H3/t15-,16-,17-/m1/s1. The van der Waals surface area contributed by atoms with Crippen LogP contribution in [0.25, 0.3) is 0 Å². The van der Waals surface area contributed by atoms with Crippen molar-refractivity contribution in [3.63, 3.8) is 0 Å². The van der Waals surface area contributed by atoms with Crippen LogP contribution in [0.15, 0.2) is 30.3 Å². The predicted molar refractivity (Wildman–Crippen MR) is 102 cm³/mol. The highest BCUT2D eigenvalue weighted by atomic mass is 32.2. The van der Waals surface area contributed by atoms with Crippen molar-refractivity contribution >= 4 is 16.2 Å². The Bertz CT molecular complexity index is 775. The molecule has 2 aliphatic heterocycles. The summed E-state index contributed by atoms with van der Waals surface area (Å²) < 4.78 is 33.7. The topological polar surface area (TPSA) is 76.1 Å². The first-order chi connectivity index (χ1) is 12.5. The van der Waals surface area contributed by atoms with Crippen LogP contribution in [0, 0.1) is 0 Å². The van der Waals surface area contributed by atoms with Crippen molar-refractivity contribution in [1.29, 1.82) is 0 Å². The number of benzene rings is 1. The van der Waals surface area contributed by atoms with Crippen molar-refractivity contribution in [2.24, 2.45) is 0 Å². The molecule has 2 fully saturated rings. The zero-order valence-corrected chi connectivity index (χ0v) is 17.1. The van der Waals surface area contributed by atoms with Crippen molar-refractivity contribution in [2.45, 2.75) is 57.5 Å². The molecule has 2 heterocycles. The van der Waals surface area contributed by atoms with E-state index < -0.39 is 15.7 Å². The van der Waals surface area contributed by atoms with E-state index in [1.54, 1.807) is 4.90 Å². The summed E-state index contributed by atoms with van der Waals surface area (Å²) in [5, 5.41) is 0. The molecule has 3 rings (SSSR count). The Morgan fingerprint density at radius 1 is 1.22 bits per heavy atom. The smallest absolute Gasteiger partial charge is 0.410 e. The number of rotatable bonds is 5. The molecule has 150 valence electrons. The Morgan fingerprint density at radius 3 is 2.48 bits per heavy atom. The van der Waals surface area contributed by atoms with Crippen molar-refractivity contribution in [3.05, 3.63) is 35.9 Å². The van der Waals surface area contributed by atoms with E-state index >= 15 is 0 Å². The van der Waals surface area contributed by atoms with Gasteiger partial charge >= 0.3 is 6.09 Å². The monoisotopic (exact) mass is 396 g/mol. The average Bonchev–Trinajstić information content (AvgIpc) is 3.10. The van der Waals surface area contributed by atoms with Gasteiger partial charge in [0.1, 0.15) is 5.60 Å². The molecule has 1 aromatic carbocycles. The van der Waals surface area contributed by atoms with Gasteiger partial charge in [-0.05, 0) is 32.8 Å². The minimum Gasteiger partial charge on any atom is -0.444 e. The van der Waals surface area contributed by atoms with Crippen LogP contribution >= 0.6 is 0 Å². The second kappa shape index (κ2) is 7.41. The van der Waals surface area contributed by atoms with E-state index in [1.807, 2.05) is 51.1 Å². The minimum atomic E-state index is -3.55. The van der Waals surface area contributed by atoms with Crippen LogP contribution in [0.5, 0.6) is 0 Å². The molecule has 0 N–H and O–H groups in total. The predicted octanol–water partition coefficient (Wildman–Crippen LogP) is 2.22. The lowest BCUT2D eigenvalue weighted by Gasteiger charge is -2.41. The quantitative estimate of drug-likeness (QED) is 0.711. The van der Waals surface area contributed by atoms with Crippen LogP contribution in [-0.4, -0.2) is 67.4 Å². The summed E-state index contributed by atoms with van der Waals surface area (Å²) in [6, 6.07) is 9.89. The largest absolute Gasteiger partial charge is 0.444 e. The van der Waals surface area contributed by atoms with Gasteiger partial charge in [0, 0.05) is 19.1 Å². The van der Waals surface area contributed by atoms with E-state index in [0.717, 1.165) is 18.2 Å². The van der Waals surface area contributed by atoms with Crippen LogP contribution in [0.1, 0.15) is 32.8 Å². The van der Waals surface area contributed by atoms with E-state index in [9.17, 15) is 13.2 Å². The van der Waals surface area contributed by atoms with Gasteiger partial charge in [0.25, 0.3) is 10.1 Å². The maximum Gasteiger partial charge on any atom is 0.410 e. The van der Waals surface area contributed by atoms with E-state index in [2.05, 4.69) is 4.90 Å². The Balaban J connectivity index is 1.77. The van der Waals surface area contributed by atoms with Crippen LogP contribution < -0.4 is 0 Å². The number of ether oxygens (including phenoxy) is 1. The van der Waals surface area contributed by atoms with Gasteiger partial charge in [0.15, 0.2) is 0 Å². The van der Waals surface area contributed by atoms with Gasteiger partial charge in [-0.25, -0.2) is 4.79 Å². The molecule has 7 nitrogen and oxygen atoms in total. The molecule has 1 amide bonds. The summed E-state index contributed by atoms with van der Waals surface area (Å²) in [6.07, 6.45) is 1.50. The molecular weight excluding hydrogens is 368 g/mol. The molecule has 3 atom stereocenters. The number of fused-ring (bicyclic) bond motifs is 2. The highest BCUT2D eigenvalue weighted by Crippen LogP contribution is 2.38. The van der Waals surface area contributed by atoms with Crippen molar-refractivity contribution in [1.82, 2.24) is 9.80 Å². The van der Waals surface area contributed by atoms with Gasteiger partial charge in [-0.15, -0.1) is 0 Å². The van der Waals surface area contributed by atoms with Gasteiger partial charge < -0.3 is 9.64 Å². The second-order valence-corrected chi connectivity index (χ2v) is 9.95. The van der Waals surface area contributed by atoms with Gasteiger partial charge in [0.2, 0.25) is 0 Å². The fourth-order valence-electron chi connectivity index (χ4n) is 3.91. The molecular formula is C19H28N2O5S. The van der Waals surface area contributed by atoms with Crippen LogP contribution in [-0.2, 0) is 25.6 Å². The number of likely N-dealkylation sites (tertiary alicyclic amines) is 2. The molecule has 2 aliphatic rings. The third-order valence-electron chi connectivity index (χ3n) is 4.95. The number of piperazine rings is 1. The molecule has 0 saturated carbocycles. The normalized spacial score (nSPS) is 25.8. The lowest BCUT2D eigenvalue weighted by atomic mass is 10.1. The summed E-state index contributed by atoms with van der Waals surface area (Å²) in [5.41, 5.74) is 0.583.